The Morgan fingerprint density at radius 1 is 0.895 bits per heavy atom. The number of carbonyl (C=O) groups excluding carboxylic acids is 1. The van der Waals surface area contributed by atoms with E-state index in [4.69, 9.17) is 9.47 Å². The summed E-state index contributed by atoms with van der Waals surface area (Å²) in [7, 11) is 0. The van der Waals surface area contributed by atoms with E-state index in [1.165, 1.54) is 11.1 Å². The standard InChI is InChI=1S/C30H36O8/c1-15-13-20-21(30(5,6)12-11-29(20,3)4)14-19(15)16(2)17-7-9-18(10-8-17)27(36)38-28-24(33)22(31)23(32)25(37-28)26(34)35/h7-10,13-14,22-25,28,31-33H,2,11-12H2,1,3-6H3,(H,34,35). The quantitative estimate of drug-likeness (QED) is 0.437. The number of hydrogen-bond acceptors (Lipinski definition) is 7. The van der Waals surface area contributed by atoms with Gasteiger partial charge in [-0.15, -0.1) is 0 Å². The van der Waals surface area contributed by atoms with Crippen LogP contribution in [0.1, 0.15) is 78.7 Å². The fraction of sp³-hybridized carbons (Fsp3) is 0.467. The van der Waals surface area contributed by atoms with Gasteiger partial charge in [-0.1, -0.05) is 58.5 Å². The van der Waals surface area contributed by atoms with E-state index in [-0.39, 0.29) is 16.4 Å². The highest BCUT2D eigenvalue weighted by Crippen LogP contribution is 2.47. The molecule has 0 amide bonds. The fourth-order valence-electron chi connectivity index (χ4n) is 5.33. The third-order valence-corrected chi connectivity index (χ3v) is 8.03. The van der Waals surface area contributed by atoms with Gasteiger partial charge in [-0.3, -0.25) is 0 Å². The van der Waals surface area contributed by atoms with Crippen molar-refractivity contribution in [3.05, 3.63) is 76.4 Å². The van der Waals surface area contributed by atoms with Gasteiger partial charge in [-0.25, -0.2) is 9.59 Å². The number of aliphatic hydroxyl groups is 3. The number of carbonyl (C=O) groups is 2. The molecule has 1 aliphatic carbocycles. The average molecular weight is 525 g/mol. The molecule has 1 heterocycles. The van der Waals surface area contributed by atoms with Crippen LogP contribution >= 0.6 is 0 Å². The predicted molar refractivity (Wildman–Crippen MR) is 141 cm³/mol. The predicted octanol–water partition coefficient (Wildman–Crippen LogP) is 3.45. The lowest BCUT2D eigenvalue weighted by Gasteiger charge is -2.42. The molecule has 204 valence electrons. The van der Waals surface area contributed by atoms with E-state index in [0.29, 0.717) is 0 Å². The monoisotopic (exact) mass is 524 g/mol. The summed E-state index contributed by atoms with van der Waals surface area (Å²) in [5, 5.41) is 39.0. The Morgan fingerprint density at radius 3 is 1.97 bits per heavy atom. The number of hydrogen-bond donors (Lipinski definition) is 4. The number of carboxylic acids is 1. The first kappa shape index (κ1) is 28.0. The van der Waals surface area contributed by atoms with Crippen LogP contribution in [0.15, 0.2) is 43.0 Å². The van der Waals surface area contributed by atoms with Gasteiger partial charge in [0.05, 0.1) is 5.56 Å². The molecule has 5 unspecified atom stereocenters. The maximum Gasteiger partial charge on any atom is 0.340 e. The minimum atomic E-state index is -1.87. The maximum atomic E-state index is 12.7. The largest absolute Gasteiger partial charge is 0.479 e. The van der Waals surface area contributed by atoms with Crippen LogP contribution in [0, 0.1) is 6.92 Å². The first-order chi connectivity index (χ1) is 17.6. The molecule has 0 radical (unpaired) electrons. The fourth-order valence-corrected chi connectivity index (χ4v) is 5.33. The molecule has 0 aromatic heterocycles. The molecule has 8 heteroatoms. The van der Waals surface area contributed by atoms with E-state index in [1.807, 2.05) is 0 Å². The molecule has 2 aromatic rings. The summed E-state index contributed by atoms with van der Waals surface area (Å²) >= 11 is 0. The minimum Gasteiger partial charge on any atom is -0.479 e. The molecule has 0 spiro atoms. The van der Waals surface area contributed by atoms with E-state index in [9.17, 15) is 30.0 Å². The van der Waals surface area contributed by atoms with Crippen LogP contribution in [0.2, 0.25) is 0 Å². The van der Waals surface area contributed by atoms with Gasteiger partial charge in [-0.05, 0) is 76.1 Å². The van der Waals surface area contributed by atoms with Crippen molar-refractivity contribution in [1.29, 1.82) is 0 Å². The van der Waals surface area contributed by atoms with Crippen molar-refractivity contribution in [1.82, 2.24) is 0 Å². The zero-order valence-electron chi connectivity index (χ0n) is 22.4. The lowest BCUT2D eigenvalue weighted by Crippen LogP contribution is -2.60. The van der Waals surface area contributed by atoms with Gasteiger partial charge >= 0.3 is 11.9 Å². The van der Waals surface area contributed by atoms with Crippen LogP contribution in [0.4, 0.5) is 0 Å². The van der Waals surface area contributed by atoms with E-state index >= 15 is 0 Å². The molecule has 2 aromatic carbocycles. The van der Waals surface area contributed by atoms with E-state index in [1.54, 1.807) is 24.3 Å². The van der Waals surface area contributed by atoms with Gasteiger partial charge in [0.25, 0.3) is 0 Å². The molecule has 5 atom stereocenters. The van der Waals surface area contributed by atoms with Crippen molar-refractivity contribution < 1.29 is 39.5 Å². The number of fused-ring (bicyclic) bond motifs is 1. The van der Waals surface area contributed by atoms with Crippen LogP contribution < -0.4 is 0 Å². The van der Waals surface area contributed by atoms with Crippen LogP contribution in [0.25, 0.3) is 5.57 Å². The third-order valence-electron chi connectivity index (χ3n) is 8.03. The number of aliphatic carboxylic acids is 1. The number of rotatable bonds is 5. The Bertz CT molecular complexity index is 1260. The molecule has 1 saturated heterocycles. The molecular weight excluding hydrogens is 488 g/mol. The second kappa shape index (κ2) is 9.93. The first-order valence-electron chi connectivity index (χ1n) is 12.7. The van der Waals surface area contributed by atoms with Gasteiger partial charge in [-0.2, -0.15) is 0 Å². The molecule has 38 heavy (non-hydrogen) atoms. The van der Waals surface area contributed by atoms with Crippen molar-refractivity contribution in [3.8, 4) is 0 Å². The maximum absolute atomic E-state index is 12.7. The third kappa shape index (κ3) is 5.01. The summed E-state index contributed by atoms with van der Waals surface area (Å²) < 4.78 is 10.2. The lowest BCUT2D eigenvalue weighted by molar-refractivity contribution is -0.278. The molecule has 0 saturated carbocycles. The SMILES string of the molecule is C=C(c1ccc(C(=O)OC2OC(C(=O)O)C(O)C(O)C2O)cc1)c1cc2c(cc1C)C(C)(C)CCC2(C)C. The molecule has 4 N–H and O–H groups in total. The molecule has 8 nitrogen and oxygen atoms in total. The Labute approximate surface area is 222 Å². The van der Waals surface area contributed by atoms with Crippen molar-refractivity contribution >= 4 is 17.5 Å². The summed E-state index contributed by atoms with van der Waals surface area (Å²) in [5.41, 5.74) is 6.78. The second-order valence-electron chi connectivity index (χ2n) is 11.7. The normalized spacial score (nSPS) is 27.7. The zero-order valence-corrected chi connectivity index (χ0v) is 22.4. The van der Waals surface area contributed by atoms with E-state index in [0.717, 1.165) is 35.1 Å². The van der Waals surface area contributed by atoms with Crippen molar-refractivity contribution in [2.75, 3.05) is 0 Å². The molecule has 0 bridgehead atoms. The minimum absolute atomic E-state index is 0.0518. The molecule has 1 aliphatic heterocycles. The Hall–Kier alpha value is -3.04. The van der Waals surface area contributed by atoms with Gasteiger partial charge in [0.15, 0.2) is 6.10 Å². The average Bonchev–Trinajstić information content (AvgIpc) is 2.86. The van der Waals surface area contributed by atoms with Crippen molar-refractivity contribution in [3.63, 3.8) is 0 Å². The topological polar surface area (TPSA) is 134 Å². The number of benzene rings is 2. The number of carboxylic acid groups (broad SMARTS) is 1. The van der Waals surface area contributed by atoms with Gasteiger partial charge in [0.1, 0.15) is 18.3 Å². The van der Waals surface area contributed by atoms with Crippen LogP contribution in [-0.2, 0) is 25.1 Å². The highest BCUT2D eigenvalue weighted by Gasteiger charge is 2.48. The summed E-state index contributed by atoms with van der Waals surface area (Å²) in [6.45, 7) is 15.5. The summed E-state index contributed by atoms with van der Waals surface area (Å²) in [5.74, 6) is -2.44. The summed E-state index contributed by atoms with van der Waals surface area (Å²) in [4.78, 5) is 24.0. The summed E-state index contributed by atoms with van der Waals surface area (Å²) in [6, 6.07) is 11.1. The number of aryl methyl sites for hydroxylation is 1. The van der Waals surface area contributed by atoms with E-state index < -0.39 is 42.6 Å². The first-order valence-corrected chi connectivity index (χ1v) is 12.7. The Balaban J connectivity index is 1.54. The molecule has 1 fully saturated rings. The van der Waals surface area contributed by atoms with Crippen LogP contribution in [0.3, 0.4) is 0 Å². The molecular formula is C30H36O8. The van der Waals surface area contributed by atoms with Crippen LogP contribution in [0.5, 0.6) is 0 Å². The molecule has 4 rings (SSSR count). The number of esters is 1. The second-order valence-corrected chi connectivity index (χ2v) is 11.7. The number of aliphatic hydroxyl groups excluding tert-OH is 3. The zero-order chi connectivity index (χ0) is 28.2. The summed E-state index contributed by atoms with van der Waals surface area (Å²) in [6.07, 6.45) is -6.93. The van der Waals surface area contributed by atoms with Gasteiger partial charge in [0, 0.05) is 0 Å². The van der Waals surface area contributed by atoms with Crippen molar-refractivity contribution in [2.24, 2.45) is 0 Å². The van der Waals surface area contributed by atoms with E-state index in [2.05, 4.69) is 53.3 Å². The van der Waals surface area contributed by atoms with Crippen LogP contribution in [-0.4, -0.2) is 63.1 Å². The smallest absolute Gasteiger partial charge is 0.340 e. The highest BCUT2D eigenvalue weighted by molar-refractivity contribution is 5.90. The van der Waals surface area contributed by atoms with Gasteiger partial charge in [0.2, 0.25) is 6.29 Å². The Kier molecular flexibility index (Phi) is 7.31. The Morgan fingerprint density at radius 2 is 1.42 bits per heavy atom. The van der Waals surface area contributed by atoms with Gasteiger partial charge < -0.3 is 29.9 Å². The lowest BCUT2D eigenvalue weighted by atomic mass is 9.62. The molecule has 2 aliphatic rings. The highest BCUT2D eigenvalue weighted by atomic mass is 16.7. The van der Waals surface area contributed by atoms with Crippen molar-refractivity contribution in [2.45, 2.75) is 89.0 Å². The number of ether oxygens (including phenoxy) is 2.